The van der Waals surface area contributed by atoms with Crippen LogP contribution in [-0.4, -0.2) is 28.3 Å². The highest BCUT2D eigenvalue weighted by molar-refractivity contribution is 7.43. The average Bonchev–Trinajstić information content (AvgIpc) is 2.85. The summed E-state index contributed by atoms with van der Waals surface area (Å²) in [5.74, 6) is -1.65. The predicted octanol–water partition coefficient (Wildman–Crippen LogP) is 7.17. The molecule has 0 amide bonds. The third-order valence-electron chi connectivity index (χ3n) is 5.89. The summed E-state index contributed by atoms with van der Waals surface area (Å²) < 4.78 is 31.8. The molecule has 0 aliphatic rings. The first-order chi connectivity index (χ1) is 16.2. The van der Waals surface area contributed by atoms with Gasteiger partial charge in [-0.25, -0.2) is 9.18 Å². The number of carboxylic acids is 1. The maximum Gasteiger partial charge on any atom is 0.531 e. The molecule has 0 spiro atoms. The summed E-state index contributed by atoms with van der Waals surface area (Å²) in [4.78, 5) is 17.3. The summed E-state index contributed by atoms with van der Waals surface area (Å²) >= 11 is 0. The Morgan fingerprint density at radius 3 is 2.35 bits per heavy atom. The molecule has 0 aliphatic carbocycles. The molecule has 0 radical (unpaired) electrons. The van der Waals surface area contributed by atoms with E-state index in [1.807, 2.05) is 50.2 Å². The highest BCUT2D eigenvalue weighted by Gasteiger charge is 2.60. The number of halogens is 1. The minimum atomic E-state index is -2.63. The van der Waals surface area contributed by atoms with Crippen molar-refractivity contribution in [2.24, 2.45) is 0 Å². The van der Waals surface area contributed by atoms with Crippen molar-refractivity contribution in [3.8, 4) is 11.3 Å². The van der Waals surface area contributed by atoms with Crippen LogP contribution in [-0.2, 0) is 13.9 Å². The molecule has 0 fully saturated rings. The third kappa shape index (κ3) is 4.98. The molecular formula is C27H28FNO4P+. The van der Waals surface area contributed by atoms with Crippen LogP contribution in [0.2, 0.25) is 0 Å². The summed E-state index contributed by atoms with van der Waals surface area (Å²) in [5.41, 5.74) is 4.01. The average molecular weight is 480 g/mol. The molecule has 0 saturated carbocycles. The monoisotopic (exact) mass is 480 g/mol. The molecule has 2 unspecified atom stereocenters. The van der Waals surface area contributed by atoms with Crippen molar-refractivity contribution >= 4 is 25.6 Å². The van der Waals surface area contributed by atoms with E-state index < -0.39 is 25.0 Å². The lowest BCUT2D eigenvalue weighted by atomic mass is 9.83. The number of hydrogen-bond acceptors (Lipinski definition) is 4. The Bertz CT molecular complexity index is 1210. The first-order valence-corrected chi connectivity index (χ1v) is 12.2. The topological polar surface area (TPSA) is 76.5 Å². The molecule has 7 heteroatoms. The van der Waals surface area contributed by atoms with E-state index in [9.17, 15) is 18.9 Å². The van der Waals surface area contributed by atoms with Crippen molar-refractivity contribution in [2.45, 2.75) is 38.3 Å². The van der Waals surface area contributed by atoms with Gasteiger partial charge < -0.3 is 5.11 Å². The maximum absolute atomic E-state index is 13.5. The van der Waals surface area contributed by atoms with Gasteiger partial charge in [-0.1, -0.05) is 63.2 Å². The number of hydrogen-bond donors (Lipinski definition) is 1. The van der Waals surface area contributed by atoms with Crippen molar-refractivity contribution in [2.75, 3.05) is 7.11 Å². The molecule has 1 aromatic heterocycles. The molecule has 1 N–H and O–H groups in total. The molecule has 34 heavy (non-hydrogen) atoms. The van der Waals surface area contributed by atoms with Gasteiger partial charge in [-0.05, 0) is 45.9 Å². The second-order valence-electron chi connectivity index (χ2n) is 8.25. The van der Waals surface area contributed by atoms with Crippen molar-refractivity contribution < 1.29 is 23.4 Å². The number of aliphatic carboxylic acids is 1. The van der Waals surface area contributed by atoms with Gasteiger partial charge in [0.2, 0.25) is 0 Å². The standard InChI is InChI=1S/C27H27FNO4P/c1-5-27(26(30)31,34(32)33-4)24(15-19-11-13-21(28)14-12-19)23-17-29-25(16-22(23)18(2)3)20-9-7-6-8-10-20/h6-18H,5H2,1-4H3/p+1. The van der Waals surface area contributed by atoms with Gasteiger partial charge in [0.15, 0.2) is 0 Å². The molecule has 0 saturated heterocycles. The number of pyridine rings is 1. The highest BCUT2D eigenvalue weighted by atomic mass is 31.1. The Hall–Kier alpha value is -3.21. The normalized spacial score (nSPS) is 14.1. The lowest BCUT2D eigenvalue weighted by molar-refractivity contribution is -0.138. The molecule has 2 atom stereocenters. The maximum atomic E-state index is 13.5. The van der Waals surface area contributed by atoms with Gasteiger partial charge in [-0.15, -0.1) is 4.52 Å². The Morgan fingerprint density at radius 2 is 1.82 bits per heavy atom. The number of aromatic nitrogens is 1. The van der Waals surface area contributed by atoms with E-state index in [2.05, 4.69) is 4.98 Å². The minimum absolute atomic E-state index is 0.0147. The summed E-state index contributed by atoms with van der Waals surface area (Å²) in [6.45, 7) is 5.68. The number of nitrogens with zero attached hydrogens (tertiary/aromatic N) is 1. The molecule has 0 bridgehead atoms. The second-order valence-corrected chi connectivity index (χ2v) is 9.89. The highest BCUT2D eigenvalue weighted by Crippen LogP contribution is 2.53. The zero-order chi connectivity index (χ0) is 24.9. The van der Waals surface area contributed by atoms with Crippen LogP contribution in [0.5, 0.6) is 0 Å². The zero-order valence-electron chi connectivity index (χ0n) is 19.7. The van der Waals surface area contributed by atoms with Crippen LogP contribution in [0, 0.1) is 5.82 Å². The minimum Gasteiger partial charge on any atom is -0.477 e. The fourth-order valence-corrected chi connectivity index (χ4v) is 5.11. The van der Waals surface area contributed by atoms with Gasteiger partial charge >= 0.3 is 19.2 Å². The summed E-state index contributed by atoms with van der Waals surface area (Å²) in [6.07, 6.45) is 3.31. The molecule has 2 aromatic carbocycles. The van der Waals surface area contributed by atoms with Gasteiger partial charge in [0.05, 0.1) is 12.8 Å². The first-order valence-electron chi connectivity index (χ1n) is 11.0. The lowest BCUT2D eigenvalue weighted by Gasteiger charge is -2.24. The molecule has 3 rings (SSSR count). The quantitative estimate of drug-likeness (QED) is 0.329. The number of carbonyl (C=O) groups is 1. The van der Waals surface area contributed by atoms with Crippen LogP contribution in [0.4, 0.5) is 4.39 Å². The van der Waals surface area contributed by atoms with Crippen molar-refractivity contribution in [1.29, 1.82) is 0 Å². The van der Waals surface area contributed by atoms with E-state index in [4.69, 9.17) is 4.52 Å². The number of benzene rings is 2. The molecule has 3 aromatic rings. The fourth-order valence-electron chi connectivity index (χ4n) is 4.00. The summed E-state index contributed by atoms with van der Waals surface area (Å²) in [6, 6.07) is 17.3. The summed E-state index contributed by atoms with van der Waals surface area (Å²) in [5, 5.41) is 8.53. The van der Waals surface area contributed by atoms with Gasteiger partial charge in [-0.2, -0.15) is 0 Å². The van der Waals surface area contributed by atoms with E-state index >= 15 is 0 Å². The molecule has 1 heterocycles. The van der Waals surface area contributed by atoms with Crippen molar-refractivity contribution in [3.05, 3.63) is 89.4 Å². The first kappa shape index (κ1) is 25.4. The largest absolute Gasteiger partial charge is 0.531 e. The van der Waals surface area contributed by atoms with E-state index in [0.29, 0.717) is 16.7 Å². The molecule has 0 aliphatic heterocycles. The zero-order valence-corrected chi connectivity index (χ0v) is 20.6. The van der Waals surface area contributed by atoms with Crippen molar-refractivity contribution in [3.63, 3.8) is 0 Å². The Balaban J connectivity index is 2.35. The van der Waals surface area contributed by atoms with E-state index in [-0.39, 0.29) is 12.3 Å². The lowest BCUT2D eigenvalue weighted by Crippen LogP contribution is -2.36. The second kappa shape index (κ2) is 10.8. The summed E-state index contributed by atoms with van der Waals surface area (Å²) in [7, 11) is -1.40. The van der Waals surface area contributed by atoms with E-state index in [1.54, 1.807) is 31.3 Å². The van der Waals surface area contributed by atoms with Crippen LogP contribution < -0.4 is 0 Å². The van der Waals surface area contributed by atoms with Crippen LogP contribution in [0.25, 0.3) is 22.9 Å². The Morgan fingerprint density at radius 1 is 1.18 bits per heavy atom. The molecule has 5 nitrogen and oxygen atoms in total. The van der Waals surface area contributed by atoms with Gasteiger partial charge in [0.25, 0.3) is 0 Å². The Kier molecular flexibility index (Phi) is 8.08. The van der Waals surface area contributed by atoms with Gasteiger partial charge in [0, 0.05) is 29.3 Å². The van der Waals surface area contributed by atoms with Gasteiger partial charge in [-0.3, -0.25) is 4.98 Å². The fraction of sp³-hybridized carbons (Fsp3) is 0.259. The van der Waals surface area contributed by atoms with E-state index in [1.165, 1.54) is 19.2 Å². The number of carboxylic acid groups (broad SMARTS) is 1. The Labute approximate surface area is 200 Å². The SMILES string of the molecule is CCC(C(=O)O)(C(=Cc1ccc(F)cc1)c1cnc(-c2ccccc2)cc1C(C)C)[P+](=O)OC. The van der Waals surface area contributed by atoms with E-state index in [0.717, 1.165) is 16.8 Å². The van der Waals surface area contributed by atoms with Gasteiger partial charge in [0.1, 0.15) is 5.82 Å². The molecule has 176 valence electrons. The predicted molar refractivity (Wildman–Crippen MR) is 133 cm³/mol. The molecular weight excluding hydrogens is 452 g/mol. The van der Waals surface area contributed by atoms with Crippen LogP contribution in [0.15, 0.2) is 66.9 Å². The smallest absolute Gasteiger partial charge is 0.477 e. The van der Waals surface area contributed by atoms with Crippen LogP contribution >= 0.6 is 8.03 Å². The number of rotatable bonds is 9. The van der Waals surface area contributed by atoms with Crippen LogP contribution in [0.3, 0.4) is 0 Å². The van der Waals surface area contributed by atoms with Crippen LogP contribution in [0.1, 0.15) is 49.8 Å². The van der Waals surface area contributed by atoms with Crippen molar-refractivity contribution in [1.82, 2.24) is 4.98 Å². The third-order valence-corrected chi connectivity index (χ3v) is 7.59.